The van der Waals surface area contributed by atoms with Gasteiger partial charge in [-0.3, -0.25) is 4.79 Å². The van der Waals surface area contributed by atoms with E-state index in [1.54, 1.807) is 12.3 Å². The van der Waals surface area contributed by atoms with Gasteiger partial charge in [0.2, 0.25) is 11.8 Å². The van der Waals surface area contributed by atoms with Crippen LogP contribution in [0.4, 0.5) is 0 Å². The molecule has 0 unspecified atom stereocenters. The fourth-order valence-corrected chi connectivity index (χ4v) is 1.51. The molecule has 0 bridgehead atoms. The Bertz CT molecular complexity index is 517. The molecule has 2 heterocycles. The lowest BCUT2D eigenvalue weighted by Crippen LogP contribution is -2.22. The second-order valence-electron chi connectivity index (χ2n) is 4.56. The summed E-state index contributed by atoms with van der Waals surface area (Å²) in [5, 5.41) is 6.61. The first-order valence-corrected chi connectivity index (χ1v) is 6.26. The van der Waals surface area contributed by atoms with E-state index in [0.29, 0.717) is 31.1 Å². The van der Waals surface area contributed by atoms with Crippen molar-refractivity contribution in [1.29, 1.82) is 0 Å². The molecule has 2 aromatic heterocycles. The number of hydrogen-bond donors (Lipinski definition) is 1. The van der Waals surface area contributed by atoms with Crippen molar-refractivity contribution >= 4 is 5.91 Å². The van der Waals surface area contributed by atoms with Crippen molar-refractivity contribution in [3.05, 3.63) is 35.9 Å². The van der Waals surface area contributed by atoms with Crippen LogP contribution in [0.5, 0.6) is 0 Å². The van der Waals surface area contributed by atoms with Crippen LogP contribution < -0.4 is 5.32 Å². The van der Waals surface area contributed by atoms with Crippen LogP contribution in [0.3, 0.4) is 0 Å². The van der Waals surface area contributed by atoms with Crippen LogP contribution >= 0.6 is 0 Å². The average molecular weight is 263 g/mol. The van der Waals surface area contributed by atoms with Gasteiger partial charge in [-0.25, -0.2) is 0 Å². The lowest BCUT2D eigenvalue weighted by atomic mass is 10.2. The second kappa shape index (κ2) is 6.17. The molecule has 0 saturated heterocycles. The normalized spacial score (nSPS) is 10.9. The van der Waals surface area contributed by atoms with Gasteiger partial charge < -0.3 is 14.3 Å². The number of carbonyl (C=O) groups is 1. The lowest BCUT2D eigenvalue weighted by Gasteiger charge is -2.01. The smallest absolute Gasteiger partial charge is 0.227 e. The van der Waals surface area contributed by atoms with E-state index in [9.17, 15) is 4.79 Å². The summed E-state index contributed by atoms with van der Waals surface area (Å²) < 4.78 is 10.2. The minimum Gasteiger partial charge on any atom is -0.467 e. The van der Waals surface area contributed by atoms with Gasteiger partial charge in [0.25, 0.3) is 0 Å². The van der Waals surface area contributed by atoms with Gasteiger partial charge in [-0.05, 0) is 12.1 Å². The topological polar surface area (TPSA) is 81.2 Å². The Labute approximate surface area is 111 Å². The van der Waals surface area contributed by atoms with Gasteiger partial charge in [0.05, 0.1) is 12.8 Å². The summed E-state index contributed by atoms with van der Waals surface area (Å²) in [6.45, 7) is 4.38. The first-order valence-electron chi connectivity index (χ1n) is 6.26. The van der Waals surface area contributed by atoms with Gasteiger partial charge in [-0.1, -0.05) is 19.0 Å². The molecule has 0 aliphatic heterocycles. The van der Waals surface area contributed by atoms with E-state index in [-0.39, 0.29) is 11.8 Å². The molecule has 2 rings (SSSR count). The van der Waals surface area contributed by atoms with Gasteiger partial charge in [-0.15, -0.1) is 0 Å². The van der Waals surface area contributed by atoms with Crippen molar-refractivity contribution in [2.24, 2.45) is 0 Å². The van der Waals surface area contributed by atoms with E-state index in [0.717, 1.165) is 5.76 Å². The van der Waals surface area contributed by atoms with Crippen molar-refractivity contribution in [1.82, 2.24) is 15.5 Å². The van der Waals surface area contributed by atoms with Crippen LogP contribution in [-0.2, 0) is 17.8 Å². The van der Waals surface area contributed by atoms with Gasteiger partial charge in [-0.2, -0.15) is 4.98 Å². The summed E-state index contributed by atoms with van der Waals surface area (Å²) in [5.41, 5.74) is 0. The minimum atomic E-state index is -0.0688. The monoisotopic (exact) mass is 263 g/mol. The Morgan fingerprint density at radius 2 is 2.32 bits per heavy atom. The zero-order valence-corrected chi connectivity index (χ0v) is 11.0. The molecule has 0 saturated carbocycles. The fourth-order valence-electron chi connectivity index (χ4n) is 1.51. The quantitative estimate of drug-likeness (QED) is 0.862. The van der Waals surface area contributed by atoms with Crippen molar-refractivity contribution in [3.63, 3.8) is 0 Å². The van der Waals surface area contributed by atoms with E-state index in [2.05, 4.69) is 15.5 Å². The van der Waals surface area contributed by atoms with Crippen LogP contribution in [0.2, 0.25) is 0 Å². The number of amides is 1. The van der Waals surface area contributed by atoms with E-state index in [1.807, 2.05) is 19.9 Å². The van der Waals surface area contributed by atoms with Crippen LogP contribution in [0, 0.1) is 0 Å². The summed E-state index contributed by atoms with van der Waals surface area (Å²) in [7, 11) is 0. The summed E-state index contributed by atoms with van der Waals surface area (Å²) in [6, 6.07) is 3.60. The van der Waals surface area contributed by atoms with Crippen LogP contribution in [0.15, 0.2) is 27.3 Å². The predicted molar refractivity (Wildman–Crippen MR) is 67.3 cm³/mol. The van der Waals surface area contributed by atoms with E-state index < -0.39 is 0 Å². The molecule has 2 aromatic rings. The average Bonchev–Trinajstić information content (AvgIpc) is 3.05. The number of aryl methyl sites for hydroxylation is 1. The molecule has 102 valence electrons. The standard InChI is InChI=1S/C13H17N3O3/c1-9(2)13-15-12(19-16-13)6-5-11(17)14-8-10-4-3-7-18-10/h3-4,7,9H,5-6,8H2,1-2H3,(H,14,17). The highest BCUT2D eigenvalue weighted by molar-refractivity contribution is 5.75. The van der Waals surface area contributed by atoms with E-state index in [1.165, 1.54) is 0 Å². The van der Waals surface area contributed by atoms with Gasteiger partial charge >= 0.3 is 0 Å². The maximum Gasteiger partial charge on any atom is 0.227 e. The number of nitrogens with one attached hydrogen (secondary N) is 1. The number of furan rings is 1. The third kappa shape index (κ3) is 3.94. The molecule has 0 aliphatic carbocycles. The highest BCUT2D eigenvalue weighted by Crippen LogP contribution is 2.10. The molecule has 6 nitrogen and oxygen atoms in total. The van der Waals surface area contributed by atoms with Crippen molar-refractivity contribution in [3.8, 4) is 0 Å². The molecule has 6 heteroatoms. The molecule has 1 N–H and O–H groups in total. The van der Waals surface area contributed by atoms with E-state index >= 15 is 0 Å². The first kappa shape index (κ1) is 13.3. The predicted octanol–water partition coefficient (Wildman–Crippen LogP) is 2.04. The minimum absolute atomic E-state index is 0.0688. The summed E-state index contributed by atoms with van der Waals surface area (Å²) >= 11 is 0. The third-order valence-electron chi connectivity index (χ3n) is 2.61. The number of carbonyl (C=O) groups excluding carboxylic acids is 1. The molecule has 0 radical (unpaired) electrons. The summed E-state index contributed by atoms with van der Waals surface area (Å²) in [4.78, 5) is 15.8. The highest BCUT2D eigenvalue weighted by atomic mass is 16.5. The largest absolute Gasteiger partial charge is 0.467 e. The summed E-state index contributed by atoms with van der Waals surface area (Å²) in [6.07, 6.45) is 2.34. The molecule has 19 heavy (non-hydrogen) atoms. The van der Waals surface area contributed by atoms with Crippen molar-refractivity contribution in [2.45, 2.75) is 39.2 Å². The van der Waals surface area contributed by atoms with Crippen molar-refractivity contribution < 1.29 is 13.7 Å². The fraction of sp³-hybridized carbons (Fsp3) is 0.462. The highest BCUT2D eigenvalue weighted by Gasteiger charge is 2.11. The SMILES string of the molecule is CC(C)c1noc(CCC(=O)NCc2ccco2)n1. The van der Waals surface area contributed by atoms with Gasteiger partial charge in [0, 0.05) is 18.8 Å². The van der Waals surface area contributed by atoms with E-state index in [4.69, 9.17) is 8.94 Å². The van der Waals surface area contributed by atoms with Crippen LogP contribution in [0.25, 0.3) is 0 Å². The molecule has 0 fully saturated rings. The number of hydrogen-bond acceptors (Lipinski definition) is 5. The Balaban J connectivity index is 1.73. The molecule has 0 atom stereocenters. The second-order valence-corrected chi connectivity index (χ2v) is 4.56. The van der Waals surface area contributed by atoms with Gasteiger partial charge in [0.1, 0.15) is 5.76 Å². The Morgan fingerprint density at radius 1 is 1.47 bits per heavy atom. The van der Waals surface area contributed by atoms with Crippen LogP contribution in [-0.4, -0.2) is 16.0 Å². The maximum absolute atomic E-state index is 11.6. The maximum atomic E-state index is 11.6. The first-order chi connectivity index (χ1) is 9.15. The number of aromatic nitrogens is 2. The summed E-state index contributed by atoms with van der Waals surface area (Å²) in [5.74, 6) is 2.06. The van der Waals surface area contributed by atoms with Crippen molar-refractivity contribution in [2.75, 3.05) is 0 Å². The Hall–Kier alpha value is -2.11. The number of nitrogens with zero attached hydrogens (tertiary/aromatic N) is 2. The Kier molecular flexibility index (Phi) is 4.33. The zero-order chi connectivity index (χ0) is 13.7. The van der Waals surface area contributed by atoms with Gasteiger partial charge in [0.15, 0.2) is 5.82 Å². The molecule has 0 aromatic carbocycles. The molecule has 1 amide bonds. The molecular formula is C13H17N3O3. The Morgan fingerprint density at radius 3 is 2.95 bits per heavy atom. The third-order valence-corrected chi connectivity index (χ3v) is 2.61. The number of rotatable bonds is 6. The molecule has 0 spiro atoms. The lowest BCUT2D eigenvalue weighted by molar-refractivity contribution is -0.121. The molecular weight excluding hydrogens is 246 g/mol. The molecule has 0 aliphatic rings. The zero-order valence-electron chi connectivity index (χ0n) is 11.0. The van der Waals surface area contributed by atoms with Crippen LogP contribution in [0.1, 0.15) is 43.7 Å².